The van der Waals surface area contributed by atoms with Gasteiger partial charge in [-0.3, -0.25) is 0 Å². The van der Waals surface area contributed by atoms with E-state index in [9.17, 15) is 4.39 Å². The van der Waals surface area contributed by atoms with Gasteiger partial charge < -0.3 is 0 Å². The normalized spacial score (nSPS) is 16.8. The number of hydrazone groups is 1. The minimum absolute atomic E-state index is 0.179. The number of nitriles is 1. The third-order valence-corrected chi connectivity index (χ3v) is 3.47. The monoisotopic (exact) mass is 322 g/mol. The third kappa shape index (κ3) is 2.82. The molecule has 7 heteroatoms. The summed E-state index contributed by atoms with van der Waals surface area (Å²) in [5.74, 6) is -0.174. The Morgan fingerprint density at radius 3 is 2.76 bits per heavy atom. The van der Waals surface area contributed by atoms with E-state index in [4.69, 9.17) is 28.5 Å². The Morgan fingerprint density at radius 1 is 1.48 bits per heavy atom. The topological polar surface area (TPSA) is 51.8 Å². The molecule has 2 rings (SSSR count). The Morgan fingerprint density at radius 2 is 2.19 bits per heavy atom. The standard InChI is InChI=1S/C14H9Cl2FN4/c1-8(6-18)14-20-7-11(13(16)21(14)19-2)10-4-3-9(17)5-12(10)15/h3-5,7H,2H2,1H3/b14-8+. The fourth-order valence-electron chi connectivity index (χ4n) is 1.76. The van der Waals surface area contributed by atoms with Crippen LogP contribution in [0.2, 0.25) is 5.02 Å². The zero-order chi connectivity index (χ0) is 15.6. The summed E-state index contributed by atoms with van der Waals surface area (Å²) in [6.07, 6.45) is 1.46. The molecular formula is C14H9Cl2FN4. The molecule has 0 radical (unpaired) electrons. The second-order valence-corrected chi connectivity index (χ2v) is 4.87. The summed E-state index contributed by atoms with van der Waals surface area (Å²) in [5, 5.41) is 14.3. The summed E-state index contributed by atoms with van der Waals surface area (Å²) in [5.41, 5.74) is 1.30. The average molecular weight is 323 g/mol. The number of aliphatic imine (C=N–C) groups is 1. The summed E-state index contributed by atoms with van der Waals surface area (Å²) in [4.78, 5) is 4.15. The van der Waals surface area contributed by atoms with E-state index in [1.165, 1.54) is 29.4 Å². The Balaban J connectivity index is 2.60. The highest BCUT2D eigenvalue weighted by atomic mass is 35.5. The van der Waals surface area contributed by atoms with Gasteiger partial charge in [0, 0.05) is 24.1 Å². The average Bonchev–Trinajstić information content (AvgIpc) is 2.47. The molecule has 0 saturated heterocycles. The van der Waals surface area contributed by atoms with Gasteiger partial charge in [0.15, 0.2) is 5.82 Å². The van der Waals surface area contributed by atoms with Crippen LogP contribution < -0.4 is 0 Å². The van der Waals surface area contributed by atoms with Crippen molar-refractivity contribution in [3.8, 4) is 6.07 Å². The first kappa shape index (κ1) is 15.2. The summed E-state index contributed by atoms with van der Waals surface area (Å²) < 4.78 is 13.1. The van der Waals surface area contributed by atoms with Crippen LogP contribution in [0.4, 0.5) is 4.39 Å². The van der Waals surface area contributed by atoms with Crippen LogP contribution in [0.5, 0.6) is 0 Å². The molecule has 0 atom stereocenters. The minimum atomic E-state index is -0.451. The lowest BCUT2D eigenvalue weighted by Gasteiger charge is -2.24. The molecule has 106 valence electrons. The first-order chi connectivity index (χ1) is 9.99. The van der Waals surface area contributed by atoms with E-state index in [1.807, 2.05) is 6.07 Å². The van der Waals surface area contributed by atoms with Crippen molar-refractivity contribution in [2.75, 3.05) is 0 Å². The quantitative estimate of drug-likeness (QED) is 0.466. The molecule has 1 aliphatic heterocycles. The van der Waals surface area contributed by atoms with Gasteiger partial charge in [-0.2, -0.15) is 10.4 Å². The Bertz CT molecular complexity index is 744. The van der Waals surface area contributed by atoms with Gasteiger partial charge in [0.2, 0.25) is 0 Å². The zero-order valence-electron chi connectivity index (χ0n) is 10.9. The van der Waals surface area contributed by atoms with Crippen molar-refractivity contribution < 1.29 is 4.39 Å². The van der Waals surface area contributed by atoms with Crippen LogP contribution in [0.3, 0.4) is 0 Å². The van der Waals surface area contributed by atoms with Crippen LogP contribution in [0, 0.1) is 17.1 Å². The number of hydrogen-bond acceptors (Lipinski definition) is 4. The largest absolute Gasteiger partial charge is 0.235 e. The molecule has 0 aromatic heterocycles. The Hall–Kier alpha value is -2.16. The molecule has 0 N–H and O–H groups in total. The lowest BCUT2D eigenvalue weighted by molar-refractivity contribution is 0.478. The molecule has 0 bridgehead atoms. The van der Waals surface area contributed by atoms with Crippen molar-refractivity contribution in [3.63, 3.8) is 0 Å². The van der Waals surface area contributed by atoms with Gasteiger partial charge in [0.05, 0.1) is 16.7 Å². The molecule has 1 aromatic rings. The van der Waals surface area contributed by atoms with E-state index < -0.39 is 5.82 Å². The summed E-state index contributed by atoms with van der Waals surface area (Å²) in [6, 6.07) is 5.91. The highest BCUT2D eigenvalue weighted by molar-refractivity contribution is 6.40. The third-order valence-electron chi connectivity index (χ3n) is 2.79. The van der Waals surface area contributed by atoms with Crippen LogP contribution in [0.1, 0.15) is 12.5 Å². The summed E-state index contributed by atoms with van der Waals surface area (Å²) in [7, 11) is 0. The highest BCUT2D eigenvalue weighted by Gasteiger charge is 2.23. The van der Waals surface area contributed by atoms with E-state index in [-0.39, 0.29) is 16.0 Å². The number of halogens is 3. The number of allylic oxidation sites excluding steroid dienone is 2. The predicted octanol–water partition coefficient (Wildman–Crippen LogP) is 4.14. The van der Waals surface area contributed by atoms with Crippen molar-refractivity contribution in [1.29, 1.82) is 5.26 Å². The molecule has 1 aromatic carbocycles. The highest BCUT2D eigenvalue weighted by Crippen LogP contribution is 2.34. The molecule has 0 unspecified atom stereocenters. The molecule has 0 aliphatic carbocycles. The maximum Gasteiger partial charge on any atom is 0.168 e. The number of rotatable bonds is 2. The first-order valence-electron chi connectivity index (χ1n) is 5.76. The van der Waals surface area contributed by atoms with E-state index in [2.05, 4.69) is 16.8 Å². The van der Waals surface area contributed by atoms with Crippen LogP contribution in [-0.2, 0) is 0 Å². The molecule has 21 heavy (non-hydrogen) atoms. The van der Waals surface area contributed by atoms with E-state index in [0.29, 0.717) is 16.7 Å². The van der Waals surface area contributed by atoms with Crippen molar-refractivity contribution in [1.82, 2.24) is 5.01 Å². The van der Waals surface area contributed by atoms with E-state index in [0.717, 1.165) is 0 Å². The molecule has 1 aliphatic rings. The van der Waals surface area contributed by atoms with Crippen LogP contribution in [-0.4, -0.2) is 17.9 Å². The number of nitrogens with zero attached hydrogens (tertiary/aromatic N) is 4. The van der Waals surface area contributed by atoms with Gasteiger partial charge in [0.25, 0.3) is 0 Å². The smallest absolute Gasteiger partial charge is 0.168 e. The van der Waals surface area contributed by atoms with Gasteiger partial charge in [0.1, 0.15) is 11.0 Å². The second-order valence-electron chi connectivity index (χ2n) is 4.10. The van der Waals surface area contributed by atoms with Gasteiger partial charge >= 0.3 is 0 Å². The maximum atomic E-state index is 13.1. The van der Waals surface area contributed by atoms with Gasteiger partial charge in [-0.05, 0) is 25.1 Å². The zero-order valence-corrected chi connectivity index (χ0v) is 12.5. The van der Waals surface area contributed by atoms with Crippen molar-refractivity contribution >= 4 is 41.7 Å². The SMILES string of the molecule is C=NN1C(Cl)=C(c2ccc(F)cc2Cl)C=N/C1=C(/C)C#N. The summed E-state index contributed by atoms with van der Waals surface area (Å²) in [6.45, 7) is 5.00. The fraction of sp³-hybridized carbons (Fsp3) is 0.0714. The maximum absolute atomic E-state index is 13.1. The van der Waals surface area contributed by atoms with Crippen LogP contribution in [0.25, 0.3) is 5.57 Å². The molecular weight excluding hydrogens is 314 g/mol. The molecule has 0 fully saturated rings. The summed E-state index contributed by atoms with van der Waals surface area (Å²) >= 11 is 12.3. The van der Waals surface area contributed by atoms with Gasteiger partial charge in [-0.15, -0.1) is 0 Å². The van der Waals surface area contributed by atoms with E-state index >= 15 is 0 Å². The fourth-order valence-corrected chi connectivity index (χ4v) is 2.32. The number of benzene rings is 1. The van der Waals surface area contributed by atoms with Crippen molar-refractivity contribution in [2.45, 2.75) is 6.92 Å². The first-order valence-corrected chi connectivity index (χ1v) is 6.52. The van der Waals surface area contributed by atoms with Crippen LogP contribution in [0.15, 0.2) is 44.8 Å². The lowest BCUT2D eigenvalue weighted by atomic mass is 10.1. The van der Waals surface area contributed by atoms with E-state index in [1.54, 1.807) is 6.92 Å². The molecule has 1 heterocycles. The predicted molar refractivity (Wildman–Crippen MR) is 82.4 cm³/mol. The van der Waals surface area contributed by atoms with Crippen molar-refractivity contribution in [3.05, 3.63) is 51.2 Å². The minimum Gasteiger partial charge on any atom is -0.235 e. The molecule has 0 amide bonds. The lowest BCUT2D eigenvalue weighted by Crippen LogP contribution is -2.19. The van der Waals surface area contributed by atoms with Gasteiger partial charge in [-0.1, -0.05) is 23.2 Å². The second kappa shape index (κ2) is 6.08. The number of hydrogen-bond donors (Lipinski definition) is 0. The van der Waals surface area contributed by atoms with Crippen LogP contribution >= 0.6 is 23.2 Å². The Kier molecular flexibility index (Phi) is 4.41. The Labute approximate surface area is 131 Å². The molecule has 4 nitrogen and oxygen atoms in total. The van der Waals surface area contributed by atoms with Crippen molar-refractivity contribution in [2.24, 2.45) is 10.1 Å². The molecule has 0 saturated carbocycles. The van der Waals surface area contributed by atoms with Gasteiger partial charge in [-0.25, -0.2) is 14.4 Å². The molecule has 0 spiro atoms.